The molecule has 0 radical (unpaired) electrons. The summed E-state index contributed by atoms with van der Waals surface area (Å²) in [5, 5.41) is 11.7. The Kier molecular flexibility index (Phi) is 4.07. The molecule has 1 saturated heterocycles. The normalized spacial score (nSPS) is 17.9. The monoisotopic (exact) mass is 282 g/mol. The van der Waals surface area contributed by atoms with Gasteiger partial charge in [-0.05, 0) is 18.6 Å². The Labute approximate surface area is 115 Å². The van der Waals surface area contributed by atoms with E-state index in [1.54, 1.807) is 11.0 Å². The van der Waals surface area contributed by atoms with Gasteiger partial charge in [0, 0.05) is 13.1 Å². The molecule has 1 aliphatic rings. The lowest BCUT2D eigenvalue weighted by Crippen LogP contribution is -2.37. The van der Waals surface area contributed by atoms with Gasteiger partial charge in [0.25, 0.3) is 0 Å². The molecule has 0 aromatic heterocycles. The molecule has 20 heavy (non-hydrogen) atoms. The highest BCUT2D eigenvalue weighted by Crippen LogP contribution is 2.26. The van der Waals surface area contributed by atoms with E-state index in [2.05, 4.69) is 10.1 Å². The van der Waals surface area contributed by atoms with E-state index < -0.39 is 17.9 Å². The fraction of sp³-hybridized carbons (Fsp3) is 0.385. The molecule has 2 rings (SSSR count). The molecule has 0 bridgehead atoms. The predicted molar refractivity (Wildman–Crippen MR) is 69.5 cm³/mol. The third-order valence-corrected chi connectivity index (χ3v) is 3.24. The number of benzene rings is 1. The van der Waals surface area contributed by atoms with Crippen LogP contribution in [0.25, 0.3) is 0 Å². The summed E-state index contributed by atoms with van der Waals surface area (Å²) in [5.41, 5.74) is -0.0158. The molecule has 108 valence electrons. The summed E-state index contributed by atoms with van der Waals surface area (Å²) in [6.45, 7) is 0.956. The molecular weight excluding hydrogens is 267 g/mol. The summed E-state index contributed by atoms with van der Waals surface area (Å²) in [7, 11) is 1.27. The zero-order chi connectivity index (χ0) is 14.7. The van der Waals surface area contributed by atoms with Crippen molar-refractivity contribution in [1.82, 2.24) is 5.32 Å². The summed E-state index contributed by atoms with van der Waals surface area (Å²) in [4.78, 5) is 24.0. The number of carboxylic acids is 1. The van der Waals surface area contributed by atoms with Crippen molar-refractivity contribution in [3.8, 4) is 0 Å². The highest BCUT2D eigenvalue weighted by atomic mass is 19.1. The second kappa shape index (κ2) is 5.77. The van der Waals surface area contributed by atoms with Gasteiger partial charge in [-0.3, -0.25) is 0 Å². The highest BCUT2D eigenvalue weighted by Gasteiger charge is 2.28. The van der Waals surface area contributed by atoms with Crippen molar-refractivity contribution in [2.45, 2.75) is 12.5 Å². The van der Waals surface area contributed by atoms with Gasteiger partial charge >= 0.3 is 12.1 Å². The minimum atomic E-state index is -1.30. The van der Waals surface area contributed by atoms with Crippen LogP contribution in [0, 0.1) is 5.82 Å². The molecule has 1 aromatic rings. The van der Waals surface area contributed by atoms with Crippen LogP contribution in [-0.2, 0) is 4.74 Å². The highest BCUT2D eigenvalue weighted by molar-refractivity contribution is 5.94. The summed E-state index contributed by atoms with van der Waals surface area (Å²) >= 11 is 0. The van der Waals surface area contributed by atoms with Crippen molar-refractivity contribution < 1.29 is 23.8 Å². The van der Waals surface area contributed by atoms with Crippen molar-refractivity contribution in [3.05, 3.63) is 29.6 Å². The maximum atomic E-state index is 13.6. The number of hydrogen-bond acceptors (Lipinski definition) is 4. The van der Waals surface area contributed by atoms with E-state index in [0.29, 0.717) is 25.2 Å². The van der Waals surface area contributed by atoms with Crippen LogP contribution in [0.5, 0.6) is 0 Å². The van der Waals surface area contributed by atoms with Gasteiger partial charge in [0.15, 0.2) is 0 Å². The van der Waals surface area contributed by atoms with E-state index in [0.717, 1.165) is 6.07 Å². The second-order valence-corrected chi connectivity index (χ2v) is 4.51. The fourth-order valence-corrected chi connectivity index (χ4v) is 2.31. The molecule has 1 heterocycles. The Balaban J connectivity index is 2.16. The zero-order valence-corrected chi connectivity index (χ0v) is 10.9. The zero-order valence-electron chi connectivity index (χ0n) is 10.9. The Hall–Kier alpha value is -2.31. The van der Waals surface area contributed by atoms with Crippen molar-refractivity contribution in [3.63, 3.8) is 0 Å². The summed E-state index contributed by atoms with van der Waals surface area (Å²) in [6, 6.07) is 4.01. The second-order valence-electron chi connectivity index (χ2n) is 4.51. The number of amides is 1. The number of anilines is 1. The molecule has 1 amide bonds. The maximum Gasteiger partial charge on any atom is 0.407 e. The minimum absolute atomic E-state index is 0.146. The number of carboxylic acid groups (broad SMARTS) is 1. The number of alkyl carbamates (subject to hydrolysis) is 1. The van der Waals surface area contributed by atoms with Crippen LogP contribution in [-0.4, -0.2) is 43.4 Å². The summed E-state index contributed by atoms with van der Waals surface area (Å²) < 4.78 is 18.1. The molecule has 1 unspecified atom stereocenters. The number of methoxy groups -OCH3 is 1. The third kappa shape index (κ3) is 2.81. The van der Waals surface area contributed by atoms with Crippen LogP contribution in [0.15, 0.2) is 18.2 Å². The van der Waals surface area contributed by atoms with E-state index in [1.165, 1.54) is 13.2 Å². The lowest BCUT2D eigenvalue weighted by atomic mass is 10.1. The van der Waals surface area contributed by atoms with Crippen molar-refractivity contribution >= 4 is 17.7 Å². The molecule has 0 spiro atoms. The first-order valence-electron chi connectivity index (χ1n) is 6.14. The van der Waals surface area contributed by atoms with Gasteiger partial charge in [-0.2, -0.15) is 0 Å². The quantitative estimate of drug-likeness (QED) is 0.877. The number of carbonyl (C=O) groups is 2. The Morgan fingerprint density at radius 3 is 2.90 bits per heavy atom. The van der Waals surface area contributed by atoms with E-state index in [4.69, 9.17) is 5.11 Å². The average molecular weight is 282 g/mol. The van der Waals surface area contributed by atoms with Crippen LogP contribution in [0.4, 0.5) is 14.9 Å². The van der Waals surface area contributed by atoms with Gasteiger partial charge in [-0.25, -0.2) is 14.0 Å². The van der Waals surface area contributed by atoms with E-state index in [1.807, 2.05) is 0 Å². The Morgan fingerprint density at radius 2 is 2.25 bits per heavy atom. The van der Waals surface area contributed by atoms with Crippen LogP contribution in [0.3, 0.4) is 0 Å². The lowest BCUT2D eigenvalue weighted by Gasteiger charge is -2.21. The number of ether oxygens (including phenoxy) is 1. The Bertz CT molecular complexity index is 535. The molecule has 1 aliphatic heterocycles. The number of nitrogens with zero attached hydrogens (tertiary/aromatic N) is 1. The lowest BCUT2D eigenvalue weighted by molar-refractivity contribution is 0.0692. The molecular formula is C13H15FN2O4. The molecule has 0 aliphatic carbocycles. The number of nitrogens with one attached hydrogen (secondary N) is 1. The van der Waals surface area contributed by atoms with Crippen molar-refractivity contribution in [1.29, 1.82) is 0 Å². The van der Waals surface area contributed by atoms with Gasteiger partial charge in [0.1, 0.15) is 11.4 Å². The van der Waals surface area contributed by atoms with Gasteiger partial charge < -0.3 is 20.1 Å². The first kappa shape index (κ1) is 14.1. The molecule has 2 N–H and O–H groups in total. The van der Waals surface area contributed by atoms with Crippen molar-refractivity contribution in [2.24, 2.45) is 0 Å². The Morgan fingerprint density at radius 1 is 1.50 bits per heavy atom. The molecule has 6 nitrogen and oxygen atoms in total. The van der Waals surface area contributed by atoms with E-state index in [9.17, 15) is 14.0 Å². The molecule has 1 aromatic carbocycles. The number of hydrogen-bond donors (Lipinski definition) is 2. The first-order valence-corrected chi connectivity index (χ1v) is 6.14. The van der Waals surface area contributed by atoms with Gasteiger partial charge in [0.05, 0.1) is 18.8 Å². The molecule has 7 heteroatoms. The van der Waals surface area contributed by atoms with E-state index in [-0.39, 0.29) is 11.6 Å². The van der Waals surface area contributed by atoms with Crippen LogP contribution < -0.4 is 10.2 Å². The van der Waals surface area contributed by atoms with Gasteiger partial charge in [-0.15, -0.1) is 0 Å². The van der Waals surface area contributed by atoms with Gasteiger partial charge in [-0.1, -0.05) is 6.07 Å². The molecule has 0 saturated carbocycles. The van der Waals surface area contributed by atoms with Crippen LogP contribution >= 0.6 is 0 Å². The number of aromatic carboxylic acids is 1. The average Bonchev–Trinajstić information content (AvgIpc) is 2.86. The first-order chi connectivity index (χ1) is 9.52. The number of carbonyl (C=O) groups excluding carboxylic acids is 1. The SMILES string of the molecule is COC(=O)NC1CCN(c2cccc(F)c2C(=O)O)C1. The number of rotatable bonds is 3. The minimum Gasteiger partial charge on any atom is -0.478 e. The summed E-state index contributed by atoms with van der Waals surface area (Å²) in [6.07, 6.45) is 0.111. The summed E-state index contributed by atoms with van der Waals surface area (Å²) in [5.74, 6) is -2.07. The molecule has 1 atom stereocenters. The largest absolute Gasteiger partial charge is 0.478 e. The standard InChI is InChI=1S/C13H15FN2O4/c1-20-13(19)15-8-5-6-16(7-8)10-4-2-3-9(14)11(10)12(17)18/h2-4,8H,5-7H2,1H3,(H,15,19)(H,17,18). The smallest absolute Gasteiger partial charge is 0.407 e. The van der Waals surface area contributed by atoms with Crippen LogP contribution in [0.2, 0.25) is 0 Å². The topological polar surface area (TPSA) is 78.9 Å². The third-order valence-electron chi connectivity index (χ3n) is 3.24. The van der Waals surface area contributed by atoms with E-state index >= 15 is 0 Å². The molecule has 1 fully saturated rings. The van der Waals surface area contributed by atoms with Gasteiger partial charge in [0.2, 0.25) is 0 Å². The fourth-order valence-electron chi connectivity index (χ4n) is 2.31. The van der Waals surface area contributed by atoms with Crippen LogP contribution in [0.1, 0.15) is 16.8 Å². The predicted octanol–water partition coefficient (Wildman–Crippen LogP) is 1.46. The number of halogens is 1. The maximum absolute atomic E-state index is 13.6. The van der Waals surface area contributed by atoms with Crippen molar-refractivity contribution in [2.75, 3.05) is 25.1 Å².